The van der Waals surface area contributed by atoms with Crippen molar-refractivity contribution in [2.75, 3.05) is 20.3 Å². The smallest absolute Gasteiger partial charge is 0.246 e. The van der Waals surface area contributed by atoms with Crippen LogP contribution in [-0.4, -0.2) is 26.2 Å². The Morgan fingerprint density at radius 2 is 2.38 bits per heavy atom. The van der Waals surface area contributed by atoms with Crippen molar-refractivity contribution in [2.45, 2.75) is 6.10 Å². The number of morpholine rings is 1. The molecule has 1 amide bonds. The highest BCUT2D eigenvalue weighted by molar-refractivity contribution is 6.31. The molecule has 1 aromatic rings. The van der Waals surface area contributed by atoms with Crippen LogP contribution in [0.3, 0.4) is 0 Å². The van der Waals surface area contributed by atoms with Gasteiger partial charge in [0.25, 0.3) is 0 Å². The molecule has 1 fully saturated rings. The average Bonchev–Trinajstić information content (AvgIpc) is 2.30. The molecule has 0 bridgehead atoms. The molecule has 0 spiro atoms. The highest BCUT2D eigenvalue weighted by Crippen LogP contribution is 2.29. The monoisotopic (exact) mass is 241 g/mol. The molecular weight excluding hydrogens is 230 g/mol. The zero-order valence-electron chi connectivity index (χ0n) is 8.83. The maximum Gasteiger partial charge on any atom is 0.246 e. The summed E-state index contributed by atoms with van der Waals surface area (Å²) in [6.45, 7) is 0.526. The van der Waals surface area contributed by atoms with Crippen LogP contribution in [0.25, 0.3) is 0 Å². The van der Waals surface area contributed by atoms with Crippen molar-refractivity contribution in [3.8, 4) is 5.75 Å². The minimum atomic E-state index is -0.184. The highest BCUT2D eigenvalue weighted by atomic mass is 35.5. The van der Waals surface area contributed by atoms with Crippen LogP contribution < -0.4 is 10.1 Å². The van der Waals surface area contributed by atoms with Gasteiger partial charge in [0, 0.05) is 12.1 Å². The molecule has 4 nitrogen and oxygen atoms in total. The average molecular weight is 242 g/mol. The molecule has 1 N–H and O–H groups in total. The summed E-state index contributed by atoms with van der Waals surface area (Å²) >= 11 is 6.11. The van der Waals surface area contributed by atoms with Gasteiger partial charge in [0.05, 0.1) is 12.1 Å². The van der Waals surface area contributed by atoms with Gasteiger partial charge in [-0.1, -0.05) is 17.7 Å². The first-order chi connectivity index (χ1) is 7.70. The Labute approximate surface area is 98.5 Å². The van der Waals surface area contributed by atoms with E-state index in [1.165, 1.54) is 0 Å². The number of carbonyl (C=O) groups excluding carboxylic acids is 1. The van der Waals surface area contributed by atoms with Gasteiger partial charge in [0.1, 0.15) is 18.5 Å². The Bertz CT molecular complexity index is 398. The van der Waals surface area contributed by atoms with Gasteiger partial charge in [0.15, 0.2) is 0 Å². The van der Waals surface area contributed by atoms with Crippen molar-refractivity contribution in [1.29, 1.82) is 0 Å². The summed E-state index contributed by atoms with van der Waals surface area (Å²) in [5.41, 5.74) is 0.863. The van der Waals surface area contributed by atoms with Crippen molar-refractivity contribution in [3.63, 3.8) is 0 Å². The number of methoxy groups -OCH3 is 1. The van der Waals surface area contributed by atoms with Crippen molar-refractivity contribution in [2.24, 2.45) is 0 Å². The highest BCUT2D eigenvalue weighted by Gasteiger charge is 2.22. The number of rotatable bonds is 2. The minimum absolute atomic E-state index is 0.0764. The van der Waals surface area contributed by atoms with E-state index < -0.39 is 0 Å². The number of hydrogen-bond donors (Lipinski definition) is 1. The molecular formula is C11H12ClNO3. The van der Waals surface area contributed by atoms with Crippen LogP contribution >= 0.6 is 11.6 Å². The SMILES string of the molecule is COc1ccc(C2CNC(=O)CO2)c(Cl)c1. The quantitative estimate of drug-likeness (QED) is 0.854. The standard InChI is InChI=1S/C11H12ClNO3/c1-15-7-2-3-8(9(12)4-7)10-5-13-11(14)6-16-10/h2-4,10H,5-6H2,1H3,(H,13,14). The fourth-order valence-corrected chi connectivity index (χ4v) is 1.88. The third-order valence-electron chi connectivity index (χ3n) is 2.45. The Hall–Kier alpha value is -1.26. The van der Waals surface area contributed by atoms with Gasteiger partial charge in [0.2, 0.25) is 5.91 Å². The number of hydrogen-bond acceptors (Lipinski definition) is 3. The molecule has 86 valence electrons. The first-order valence-corrected chi connectivity index (χ1v) is 5.30. The molecule has 1 saturated heterocycles. The summed E-state index contributed by atoms with van der Waals surface area (Å²) in [6.07, 6.45) is -0.184. The third-order valence-corrected chi connectivity index (χ3v) is 2.78. The lowest BCUT2D eigenvalue weighted by molar-refractivity contribution is -0.133. The molecule has 0 aromatic heterocycles. The molecule has 1 aliphatic heterocycles. The summed E-state index contributed by atoms with van der Waals surface area (Å²) < 4.78 is 10.5. The van der Waals surface area contributed by atoms with Crippen molar-refractivity contribution < 1.29 is 14.3 Å². The fourth-order valence-electron chi connectivity index (χ4n) is 1.59. The zero-order valence-corrected chi connectivity index (χ0v) is 9.58. The van der Waals surface area contributed by atoms with Crippen LogP contribution in [0.15, 0.2) is 18.2 Å². The van der Waals surface area contributed by atoms with Gasteiger partial charge in [-0.25, -0.2) is 0 Å². The predicted octanol–water partition coefficient (Wildman–Crippen LogP) is 1.54. The normalized spacial score (nSPS) is 20.4. The third kappa shape index (κ3) is 2.28. The Morgan fingerprint density at radius 3 is 2.94 bits per heavy atom. The molecule has 1 heterocycles. The molecule has 1 atom stereocenters. The number of halogens is 1. The summed E-state index contributed by atoms with van der Waals surface area (Å²) in [6, 6.07) is 5.40. The molecule has 1 aliphatic rings. The largest absolute Gasteiger partial charge is 0.497 e. The number of nitrogens with one attached hydrogen (secondary N) is 1. The predicted molar refractivity (Wildman–Crippen MR) is 59.7 cm³/mol. The molecule has 1 aromatic carbocycles. The lowest BCUT2D eigenvalue weighted by Crippen LogP contribution is -2.38. The van der Waals surface area contributed by atoms with Crippen LogP contribution in [0.4, 0.5) is 0 Å². The lowest BCUT2D eigenvalue weighted by Gasteiger charge is -2.24. The van der Waals surface area contributed by atoms with E-state index in [-0.39, 0.29) is 18.6 Å². The van der Waals surface area contributed by atoms with E-state index in [2.05, 4.69) is 5.32 Å². The van der Waals surface area contributed by atoms with E-state index in [0.29, 0.717) is 17.3 Å². The maximum atomic E-state index is 10.9. The van der Waals surface area contributed by atoms with E-state index in [1.54, 1.807) is 13.2 Å². The Kier molecular flexibility index (Phi) is 3.31. The molecule has 0 aliphatic carbocycles. The Balaban J connectivity index is 2.17. The molecule has 16 heavy (non-hydrogen) atoms. The van der Waals surface area contributed by atoms with Gasteiger partial charge < -0.3 is 14.8 Å². The maximum absolute atomic E-state index is 10.9. The summed E-state index contributed by atoms with van der Waals surface area (Å²) in [7, 11) is 1.59. The number of amides is 1. The van der Waals surface area contributed by atoms with E-state index in [1.807, 2.05) is 12.1 Å². The van der Waals surface area contributed by atoms with Gasteiger partial charge in [-0.3, -0.25) is 4.79 Å². The summed E-state index contributed by atoms with van der Waals surface area (Å²) in [5, 5.41) is 3.32. The second kappa shape index (κ2) is 4.72. The van der Waals surface area contributed by atoms with Gasteiger partial charge in [-0.15, -0.1) is 0 Å². The first kappa shape index (κ1) is 11.2. The Morgan fingerprint density at radius 1 is 1.56 bits per heavy atom. The lowest BCUT2D eigenvalue weighted by atomic mass is 10.1. The van der Waals surface area contributed by atoms with Crippen LogP contribution in [-0.2, 0) is 9.53 Å². The topological polar surface area (TPSA) is 47.6 Å². The molecule has 5 heteroatoms. The van der Waals surface area contributed by atoms with Gasteiger partial charge in [-0.2, -0.15) is 0 Å². The van der Waals surface area contributed by atoms with E-state index in [4.69, 9.17) is 21.1 Å². The van der Waals surface area contributed by atoms with E-state index >= 15 is 0 Å². The molecule has 0 saturated carbocycles. The van der Waals surface area contributed by atoms with Crippen LogP contribution in [0.1, 0.15) is 11.7 Å². The van der Waals surface area contributed by atoms with Crippen LogP contribution in [0.5, 0.6) is 5.75 Å². The number of carbonyl (C=O) groups is 1. The summed E-state index contributed by atoms with van der Waals surface area (Å²) in [5.74, 6) is 0.606. The van der Waals surface area contributed by atoms with Crippen molar-refractivity contribution in [3.05, 3.63) is 28.8 Å². The van der Waals surface area contributed by atoms with Crippen molar-refractivity contribution in [1.82, 2.24) is 5.32 Å². The second-order valence-corrected chi connectivity index (χ2v) is 3.90. The van der Waals surface area contributed by atoms with E-state index in [0.717, 1.165) is 5.56 Å². The minimum Gasteiger partial charge on any atom is -0.497 e. The van der Waals surface area contributed by atoms with Crippen LogP contribution in [0, 0.1) is 0 Å². The zero-order chi connectivity index (χ0) is 11.5. The van der Waals surface area contributed by atoms with Gasteiger partial charge in [-0.05, 0) is 12.1 Å². The summed E-state index contributed by atoms with van der Waals surface area (Å²) in [4.78, 5) is 10.9. The molecule has 2 rings (SSSR count). The van der Waals surface area contributed by atoms with Gasteiger partial charge >= 0.3 is 0 Å². The van der Waals surface area contributed by atoms with Crippen LogP contribution in [0.2, 0.25) is 5.02 Å². The molecule has 1 unspecified atom stereocenters. The first-order valence-electron chi connectivity index (χ1n) is 4.92. The number of benzene rings is 1. The van der Waals surface area contributed by atoms with Crippen molar-refractivity contribution >= 4 is 17.5 Å². The second-order valence-electron chi connectivity index (χ2n) is 3.49. The van der Waals surface area contributed by atoms with E-state index in [9.17, 15) is 4.79 Å². The molecule has 0 radical (unpaired) electrons. The number of ether oxygens (including phenoxy) is 2. The fraction of sp³-hybridized carbons (Fsp3) is 0.364.